The van der Waals surface area contributed by atoms with Crippen LogP contribution < -0.4 is 5.32 Å². The van der Waals surface area contributed by atoms with E-state index in [2.05, 4.69) is 11.4 Å². The van der Waals surface area contributed by atoms with Crippen molar-refractivity contribution in [3.63, 3.8) is 0 Å². The molecule has 0 aliphatic heterocycles. The van der Waals surface area contributed by atoms with Gasteiger partial charge >= 0.3 is 0 Å². The monoisotopic (exact) mass is 243 g/mol. The van der Waals surface area contributed by atoms with Crippen molar-refractivity contribution in [1.29, 1.82) is 0 Å². The van der Waals surface area contributed by atoms with Crippen LogP contribution in [0.25, 0.3) is 0 Å². The summed E-state index contributed by atoms with van der Waals surface area (Å²) in [4.78, 5) is 0. The predicted molar refractivity (Wildman–Crippen MR) is 65.8 cm³/mol. The van der Waals surface area contributed by atoms with Crippen LogP contribution in [-0.2, 0) is 6.42 Å². The molecule has 3 heteroatoms. The van der Waals surface area contributed by atoms with E-state index in [4.69, 9.17) is 23.2 Å². The second-order valence-electron chi connectivity index (χ2n) is 4.42. The summed E-state index contributed by atoms with van der Waals surface area (Å²) in [5, 5.41) is 4.63. The molecular formula is C12H15Cl2N. The van der Waals surface area contributed by atoms with E-state index in [9.17, 15) is 0 Å². The number of nitrogens with one attached hydrogen (secondary N) is 1. The fourth-order valence-electron chi connectivity index (χ4n) is 2.06. The van der Waals surface area contributed by atoms with Gasteiger partial charge in [-0.1, -0.05) is 35.3 Å². The predicted octanol–water partition coefficient (Wildman–Crippen LogP) is 3.54. The highest BCUT2D eigenvalue weighted by Gasteiger charge is 2.42. The van der Waals surface area contributed by atoms with Crippen LogP contribution in [-0.4, -0.2) is 13.6 Å². The summed E-state index contributed by atoms with van der Waals surface area (Å²) in [7, 11) is 2.00. The Bertz CT molecular complexity index is 359. The van der Waals surface area contributed by atoms with Gasteiger partial charge in [-0.05, 0) is 43.4 Å². The number of hydrogen-bond donors (Lipinski definition) is 1. The number of benzene rings is 1. The van der Waals surface area contributed by atoms with E-state index in [1.807, 2.05) is 19.2 Å². The molecule has 0 spiro atoms. The molecule has 1 aromatic rings. The molecule has 82 valence electrons. The molecule has 0 bridgehead atoms. The summed E-state index contributed by atoms with van der Waals surface area (Å²) >= 11 is 12.2. The van der Waals surface area contributed by atoms with Gasteiger partial charge in [0.05, 0.1) is 10.0 Å². The van der Waals surface area contributed by atoms with E-state index < -0.39 is 0 Å². The standard InChI is InChI=1S/C12H15Cl2N/c1-15-8-12(5-6-12)7-9-3-2-4-10(13)11(9)14/h2-4,15H,5-8H2,1H3. The summed E-state index contributed by atoms with van der Waals surface area (Å²) < 4.78 is 0. The first kappa shape index (κ1) is 11.3. The Morgan fingerprint density at radius 1 is 1.33 bits per heavy atom. The number of rotatable bonds is 4. The van der Waals surface area contributed by atoms with Crippen LogP contribution in [0.4, 0.5) is 0 Å². The van der Waals surface area contributed by atoms with Gasteiger partial charge in [0.15, 0.2) is 0 Å². The Kier molecular flexibility index (Phi) is 3.24. The van der Waals surface area contributed by atoms with Gasteiger partial charge in [0, 0.05) is 6.54 Å². The molecule has 2 rings (SSSR count). The number of halogens is 2. The molecule has 0 unspecified atom stereocenters. The van der Waals surface area contributed by atoms with Crippen LogP contribution in [0.1, 0.15) is 18.4 Å². The third kappa shape index (κ3) is 2.47. The summed E-state index contributed by atoms with van der Waals surface area (Å²) in [6.07, 6.45) is 3.61. The van der Waals surface area contributed by atoms with Crippen molar-refractivity contribution in [2.75, 3.05) is 13.6 Å². The third-order valence-electron chi connectivity index (χ3n) is 3.11. The van der Waals surface area contributed by atoms with E-state index in [0.717, 1.165) is 18.0 Å². The lowest BCUT2D eigenvalue weighted by Crippen LogP contribution is -2.22. The molecule has 0 radical (unpaired) electrons. The maximum Gasteiger partial charge on any atom is 0.0624 e. The van der Waals surface area contributed by atoms with Gasteiger partial charge in [0.25, 0.3) is 0 Å². The highest BCUT2D eigenvalue weighted by molar-refractivity contribution is 6.42. The average Bonchev–Trinajstić information content (AvgIpc) is 2.94. The first-order valence-corrected chi connectivity index (χ1v) is 6.00. The molecule has 0 saturated heterocycles. The van der Waals surface area contributed by atoms with Crippen LogP contribution >= 0.6 is 23.2 Å². The highest BCUT2D eigenvalue weighted by atomic mass is 35.5. The largest absolute Gasteiger partial charge is 0.319 e. The van der Waals surface area contributed by atoms with Gasteiger partial charge in [-0.15, -0.1) is 0 Å². The quantitative estimate of drug-likeness (QED) is 0.854. The van der Waals surface area contributed by atoms with Crippen LogP contribution in [0.5, 0.6) is 0 Å². The third-order valence-corrected chi connectivity index (χ3v) is 3.96. The van der Waals surface area contributed by atoms with Gasteiger partial charge in [0.1, 0.15) is 0 Å². The zero-order valence-corrected chi connectivity index (χ0v) is 10.3. The van der Waals surface area contributed by atoms with E-state index in [1.54, 1.807) is 0 Å². The van der Waals surface area contributed by atoms with Crippen molar-refractivity contribution in [3.05, 3.63) is 33.8 Å². The molecule has 0 atom stereocenters. The zero-order valence-electron chi connectivity index (χ0n) is 8.82. The highest BCUT2D eigenvalue weighted by Crippen LogP contribution is 2.48. The van der Waals surface area contributed by atoms with E-state index in [0.29, 0.717) is 10.4 Å². The second kappa shape index (κ2) is 4.32. The minimum Gasteiger partial charge on any atom is -0.319 e. The molecule has 1 saturated carbocycles. The van der Waals surface area contributed by atoms with Crippen molar-refractivity contribution in [2.24, 2.45) is 5.41 Å². The smallest absolute Gasteiger partial charge is 0.0624 e. The van der Waals surface area contributed by atoms with Crippen molar-refractivity contribution in [2.45, 2.75) is 19.3 Å². The molecule has 0 amide bonds. The average molecular weight is 244 g/mol. The molecular weight excluding hydrogens is 229 g/mol. The maximum absolute atomic E-state index is 6.17. The van der Waals surface area contributed by atoms with E-state index in [1.165, 1.54) is 18.4 Å². The minimum absolute atomic E-state index is 0.434. The Labute approximate surface area is 101 Å². The molecule has 0 aromatic heterocycles. The van der Waals surface area contributed by atoms with Crippen molar-refractivity contribution in [3.8, 4) is 0 Å². The second-order valence-corrected chi connectivity index (χ2v) is 5.21. The first-order chi connectivity index (χ1) is 7.17. The molecule has 1 aromatic carbocycles. The topological polar surface area (TPSA) is 12.0 Å². The Morgan fingerprint density at radius 3 is 2.67 bits per heavy atom. The van der Waals surface area contributed by atoms with Crippen LogP contribution in [0, 0.1) is 5.41 Å². The van der Waals surface area contributed by atoms with Crippen molar-refractivity contribution in [1.82, 2.24) is 5.32 Å². The SMILES string of the molecule is CNCC1(Cc2cccc(Cl)c2Cl)CC1. The Morgan fingerprint density at radius 2 is 2.07 bits per heavy atom. The first-order valence-electron chi connectivity index (χ1n) is 5.24. The van der Waals surface area contributed by atoms with Gasteiger partial charge < -0.3 is 5.32 Å². The normalized spacial score (nSPS) is 17.8. The lowest BCUT2D eigenvalue weighted by molar-refractivity contribution is 0.478. The summed E-state index contributed by atoms with van der Waals surface area (Å²) in [5.74, 6) is 0. The van der Waals surface area contributed by atoms with Gasteiger partial charge in [-0.2, -0.15) is 0 Å². The maximum atomic E-state index is 6.17. The molecule has 1 aliphatic carbocycles. The van der Waals surface area contributed by atoms with Crippen LogP contribution in [0.3, 0.4) is 0 Å². The van der Waals surface area contributed by atoms with Crippen molar-refractivity contribution < 1.29 is 0 Å². The van der Waals surface area contributed by atoms with Gasteiger partial charge in [-0.3, -0.25) is 0 Å². The minimum atomic E-state index is 0.434. The summed E-state index contributed by atoms with van der Waals surface area (Å²) in [6, 6.07) is 5.88. The lowest BCUT2D eigenvalue weighted by atomic mass is 9.96. The van der Waals surface area contributed by atoms with Crippen LogP contribution in [0.15, 0.2) is 18.2 Å². The Hall–Kier alpha value is -0.240. The van der Waals surface area contributed by atoms with Gasteiger partial charge in [0.2, 0.25) is 0 Å². The Balaban J connectivity index is 2.14. The number of hydrogen-bond acceptors (Lipinski definition) is 1. The lowest BCUT2D eigenvalue weighted by Gasteiger charge is -2.15. The van der Waals surface area contributed by atoms with Gasteiger partial charge in [-0.25, -0.2) is 0 Å². The fourth-order valence-corrected chi connectivity index (χ4v) is 2.44. The molecule has 0 heterocycles. The molecule has 1 aliphatic rings. The zero-order chi connectivity index (χ0) is 10.9. The van der Waals surface area contributed by atoms with E-state index >= 15 is 0 Å². The van der Waals surface area contributed by atoms with E-state index in [-0.39, 0.29) is 0 Å². The molecule has 1 fully saturated rings. The van der Waals surface area contributed by atoms with Crippen molar-refractivity contribution >= 4 is 23.2 Å². The summed E-state index contributed by atoms with van der Waals surface area (Å²) in [6.45, 7) is 1.07. The molecule has 15 heavy (non-hydrogen) atoms. The fraction of sp³-hybridized carbons (Fsp3) is 0.500. The summed E-state index contributed by atoms with van der Waals surface area (Å²) in [5.41, 5.74) is 1.61. The van der Waals surface area contributed by atoms with Crippen LogP contribution in [0.2, 0.25) is 10.0 Å². The molecule has 1 N–H and O–H groups in total. The molecule has 1 nitrogen and oxygen atoms in total.